The number of anilines is 1. The minimum atomic E-state index is -0.348. The van der Waals surface area contributed by atoms with E-state index in [0.717, 1.165) is 16.7 Å². The summed E-state index contributed by atoms with van der Waals surface area (Å²) in [5.74, 6) is -0.590. The maximum absolute atomic E-state index is 12.5. The van der Waals surface area contributed by atoms with Gasteiger partial charge in [0.05, 0.1) is 19.1 Å². The summed E-state index contributed by atoms with van der Waals surface area (Å²) < 4.78 is 4.71. The molecule has 1 aromatic heterocycles. The largest absolute Gasteiger partial charge is 0.469 e. The van der Waals surface area contributed by atoms with Crippen LogP contribution in [0.25, 0.3) is 0 Å². The highest BCUT2D eigenvalue weighted by Gasteiger charge is 2.14. The minimum Gasteiger partial charge on any atom is -0.469 e. The third-order valence-corrected chi connectivity index (χ3v) is 3.54. The van der Waals surface area contributed by atoms with Crippen molar-refractivity contribution in [2.75, 3.05) is 12.4 Å². The number of aromatic nitrogens is 1. The fraction of sp³-hybridized carbons (Fsp3) is 0.278. The average Bonchev–Trinajstić information content (AvgIpc) is 2.52. The third-order valence-electron chi connectivity index (χ3n) is 3.54. The van der Waals surface area contributed by atoms with Crippen molar-refractivity contribution in [3.05, 3.63) is 58.4 Å². The Balaban J connectivity index is 2.30. The molecule has 2 rings (SSSR count). The third kappa shape index (κ3) is 4.16. The molecule has 0 radical (unpaired) electrons. The van der Waals surface area contributed by atoms with Crippen molar-refractivity contribution in [1.82, 2.24) is 4.98 Å². The molecule has 0 saturated carbocycles. The lowest BCUT2D eigenvalue weighted by Crippen LogP contribution is -2.16. The van der Waals surface area contributed by atoms with Gasteiger partial charge in [-0.15, -0.1) is 0 Å². The number of rotatable bonds is 4. The van der Waals surface area contributed by atoms with E-state index in [2.05, 4.69) is 10.3 Å². The van der Waals surface area contributed by atoms with Gasteiger partial charge < -0.3 is 10.1 Å². The van der Waals surface area contributed by atoms with Gasteiger partial charge in [0.15, 0.2) is 0 Å². The molecule has 5 nitrogen and oxygen atoms in total. The van der Waals surface area contributed by atoms with Gasteiger partial charge in [-0.05, 0) is 44.0 Å². The van der Waals surface area contributed by atoms with Crippen molar-refractivity contribution in [1.29, 1.82) is 0 Å². The first-order chi connectivity index (χ1) is 10.9. The van der Waals surface area contributed by atoms with Crippen LogP contribution in [0.4, 0.5) is 5.69 Å². The van der Waals surface area contributed by atoms with Crippen LogP contribution in [0.2, 0.25) is 0 Å². The first kappa shape index (κ1) is 16.7. The lowest BCUT2D eigenvalue weighted by Gasteiger charge is -2.12. The zero-order valence-corrected chi connectivity index (χ0v) is 13.8. The number of aryl methyl sites for hydroxylation is 3. The molecule has 0 spiro atoms. The molecule has 0 aliphatic carbocycles. The number of nitrogens with one attached hydrogen (secondary N) is 1. The normalized spacial score (nSPS) is 10.3. The Kier molecular flexibility index (Phi) is 5.11. The van der Waals surface area contributed by atoms with Gasteiger partial charge in [-0.25, -0.2) is 0 Å². The van der Waals surface area contributed by atoms with Gasteiger partial charge in [-0.1, -0.05) is 17.7 Å². The molecule has 2 aromatic rings. The monoisotopic (exact) mass is 312 g/mol. The molecular weight excluding hydrogens is 292 g/mol. The predicted molar refractivity (Wildman–Crippen MR) is 88.6 cm³/mol. The van der Waals surface area contributed by atoms with Crippen LogP contribution in [-0.4, -0.2) is 24.0 Å². The number of pyridine rings is 1. The Morgan fingerprint density at radius 2 is 1.87 bits per heavy atom. The molecule has 0 bridgehead atoms. The van der Waals surface area contributed by atoms with Crippen LogP contribution >= 0.6 is 0 Å². The van der Waals surface area contributed by atoms with Crippen molar-refractivity contribution < 1.29 is 14.3 Å². The second-order valence-corrected chi connectivity index (χ2v) is 5.51. The molecule has 1 heterocycles. The lowest BCUT2D eigenvalue weighted by molar-refractivity contribution is -0.139. The molecule has 5 heteroatoms. The van der Waals surface area contributed by atoms with Crippen molar-refractivity contribution >= 4 is 17.6 Å². The van der Waals surface area contributed by atoms with Crippen molar-refractivity contribution in [2.45, 2.75) is 27.2 Å². The molecule has 0 saturated heterocycles. The predicted octanol–water partition coefficient (Wildman–Crippen LogP) is 2.97. The van der Waals surface area contributed by atoms with Crippen LogP contribution in [0.15, 0.2) is 30.5 Å². The summed E-state index contributed by atoms with van der Waals surface area (Å²) in [6.07, 6.45) is 1.83. The van der Waals surface area contributed by atoms with Crippen molar-refractivity contribution in [3.8, 4) is 0 Å². The van der Waals surface area contributed by atoms with Crippen LogP contribution < -0.4 is 5.32 Å². The Hall–Kier alpha value is -2.69. The highest BCUT2D eigenvalue weighted by atomic mass is 16.5. The molecule has 0 aliphatic rings. The number of hydrogen-bond donors (Lipinski definition) is 1. The Morgan fingerprint density at radius 3 is 2.57 bits per heavy atom. The summed E-state index contributed by atoms with van der Waals surface area (Å²) in [6.45, 7) is 5.61. The van der Waals surface area contributed by atoms with E-state index in [1.807, 2.05) is 26.0 Å². The van der Waals surface area contributed by atoms with Crippen LogP contribution in [0, 0.1) is 20.8 Å². The number of carbonyl (C=O) groups excluding carboxylic acids is 2. The van der Waals surface area contributed by atoms with Crippen LogP contribution in [-0.2, 0) is 16.0 Å². The molecule has 120 valence electrons. The lowest BCUT2D eigenvalue weighted by atomic mass is 10.1. The number of ether oxygens (including phenoxy) is 1. The maximum atomic E-state index is 12.5. The Bertz CT molecular complexity index is 754. The van der Waals surface area contributed by atoms with E-state index >= 15 is 0 Å². The molecule has 1 amide bonds. The van der Waals surface area contributed by atoms with Crippen molar-refractivity contribution in [2.24, 2.45) is 0 Å². The van der Waals surface area contributed by atoms with Gasteiger partial charge in [0.25, 0.3) is 5.91 Å². The fourth-order valence-electron chi connectivity index (χ4n) is 2.28. The molecule has 0 aliphatic heterocycles. The van der Waals surface area contributed by atoms with E-state index < -0.39 is 0 Å². The van der Waals surface area contributed by atoms with Gasteiger partial charge >= 0.3 is 5.97 Å². The van der Waals surface area contributed by atoms with Gasteiger partial charge in [-0.2, -0.15) is 0 Å². The van der Waals surface area contributed by atoms with E-state index in [-0.39, 0.29) is 18.3 Å². The first-order valence-electron chi connectivity index (χ1n) is 7.31. The van der Waals surface area contributed by atoms with Gasteiger partial charge in [0.1, 0.15) is 0 Å². The number of nitrogens with zero attached hydrogens (tertiary/aromatic N) is 1. The zero-order valence-electron chi connectivity index (χ0n) is 13.8. The smallest absolute Gasteiger partial charge is 0.310 e. The summed E-state index contributed by atoms with van der Waals surface area (Å²) in [5.41, 5.74) is 4.44. The van der Waals surface area contributed by atoms with Gasteiger partial charge in [0.2, 0.25) is 0 Å². The maximum Gasteiger partial charge on any atom is 0.310 e. The van der Waals surface area contributed by atoms with E-state index in [4.69, 9.17) is 4.74 Å². The molecule has 0 atom stereocenters. The van der Waals surface area contributed by atoms with E-state index in [0.29, 0.717) is 16.9 Å². The average molecular weight is 312 g/mol. The topological polar surface area (TPSA) is 68.3 Å². The standard InChI is InChI=1S/C18H20N2O3/c1-11-5-6-16(14(7-11)9-17(21)23-4)20-18(22)15-8-12(2)10-19-13(15)3/h5-8,10H,9H2,1-4H3,(H,20,22). The fourth-order valence-corrected chi connectivity index (χ4v) is 2.28. The number of benzene rings is 1. The number of carbonyl (C=O) groups is 2. The minimum absolute atomic E-state index is 0.110. The molecule has 1 aromatic carbocycles. The Morgan fingerprint density at radius 1 is 1.13 bits per heavy atom. The summed E-state index contributed by atoms with van der Waals surface area (Å²) >= 11 is 0. The zero-order chi connectivity index (χ0) is 17.0. The SMILES string of the molecule is COC(=O)Cc1cc(C)ccc1NC(=O)c1cc(C)cnc1C. The van der Waals surface area contributed by atoms with Gasteiger partial charge in [-0.3, -0.25) is 14.6 Å². The number of hydrogen-bond acceptors (Lipinski definition) is 4. The highest BCUT2D eigenvalue weighted by molar-refractivity contribution is 6.05. The number of esters is 1. The molecule has 23 heavy (non-hydrogen) atoms. The molecule has 0 unspecified atom stereocenters. The number of amides is 1. The van der Waals surface area contributed by atoms with E-state index in [9.17, 15) is 9.59 Å². The van der Waals surface area contributed by atoms with Crippen LogP contribution in [0.5, 0.6) is 0 Å². The Labute approximate surface area is 135 Å². The molecule has 1 N–H and O–H groups in total. The molecule has 0 fully saturated rings. The van der Waals surface area contributed by atoms with Crippen LogP contribution in [0.3, 0.4) is 0 Å². The summed E-state index contributed by atoms with van der Waals surface area (Å²) in [5, 5.41) is 2.86. The summed E-state index contributed by atoms with van der Waals surface area (Å²) in [7, 11) is 1.35. The van der Waals surface area contributed by atoms with E-state index in [1.54, 1.807) is 25.3 Å². The number of methoxy groups -OCH3 is 1. The van der Waals surface area contributed by atoms with Crippen molar-refractivity contribution in [3.63, 3.8) is 0 Å². The quantitative estimate of drug-likeness (QED) is 0.881. The van der Waals surface area contributed by atoms with Gasteiger partial charge in [0, 0.05) is 17.6 Å². The van der Waals surface area contributed by atoms with E-state index in [1.165, 1.54) is 7.11 Å². The first-order valence-corrected chi connectivity index (χ1v) is 7.31. The second-order valence-electron chi connectivity index (χ2n) is 5.51. The van der Waals surface area contributed by atoms with Crippen LogP contribution in [0.1, 0.15) is 32.7 Å². The molecular formula is C18H20N2O3. The summed E-state index contributed by atoms with van der Waals surface area (Å²) in [6, 6.07) is 7.35. The second kappa shape index (κ2) is 7.05. The highest BCUT2D eigenvalue weighted by Crippen LogP contribution is 2.20. The summed E-state index contributed by atoms with van der Waals surface area (Å²) in [4.78, 5) is 28.3.